The maximum Gasteiger partial charge on any atom is 0.270 e. The first-order chi connectivity index (χ1) is 12.2. The molecule has 0 atom stereocenters. The molecule has 2 rings (SSSR count). The summed E-state index contributed by atoms with van der Waals surface area (Å²) < 4.78 is 27.2. The smallest absolute Gasteiger partial charge is 0.258 e. The molecule has 140 valence electrons. The average Bonchev–Trinajstić information content (AvgIpc) is 2.56. The fourth-order valence-electron chi connectivity index (χ4n) is 2.16. The van der Waals surface area contributed by atoms with Crippen molar-refractivity contribution in [2.45, 2.75) is 17.6 Å². The Morgan fingerprint density at radius 1 is 1.19 bits per heavy atom. The summed E-state index contributed by atoms with van der Waals surface area (Å²) in [5.41, 5.74) is 0.982. The van der Waals surface area contributed by atoms with Crippen molar-refractivity contribution in [2.75, 3.05) is 12.3 Å². The van der Waals surface area contributed by atoms with Crippen molar-refractivity contribution in [1.82, 2.24) is 4.72 Å². The molecule has 0 amide bonds. The molecule has 0 saturated heterocycles. The van der Waals surface area contributed by atoms with Gasteiger partial charge in [-0.25, -0.2) is 13.1 Å². The standard InChI is InChI=1S/C16H16Cl2N2O4S2/c1-11-5-6-12(20(21)22)9-16(11)26(23,24)19-7-8-25-10-13-14(17)3-2-4-15(13)18/h2-6,9,19H,7-8,10H2,1H3. The summed E-state index contributed by atoms with van der Waals surface area (Å²) >= 11 is 13.7. The van der Waals surface area contributed by atoms with E-state index < -0.39 is 14.9 Å². The van der Waals surface area contributed by atoms with Crippen LogP contribution in [0.3, 0.4) is 0 Å². The number of hydrogen-bond acceptors (Lipinski definition) is 5. The van der Waals surface area contributed by atoms with E-state index in [0.29, 0.717) is 27.1 Å². The monoisotopic (exact) mass is 434 g/mol. The lowest BCUT2D eigenvalue weighted by Crippen LogP contribution is -2.26. The highest BCUT2D eigenvalue weighted by molar-refractivity contribution is 7.98. The second-order valence-corrected chi connectivity index (χ2v) is 9.01. The van der Waals surface area contributed by atoms with Crippen LogP contribution in [-0.2, 0) is 15.8 Å². The highest BCUT2D eigenvalue weighted by Gasteiger charge is 2.20. The minimum Gasteiger partial charge on any atom is -0.258 e. The van der Waals surface area contributed by atoms with Crippen LogP contribution in [0.2, 0.25) is 10.0 Å². The minimum atomic E-state index is -3.83. The van der Waals surface area contributed by atoms with Gasteiger partial charge in [0, 0.05) is 40.2 Å². The Hall–Kier alpha value is -1.32. The van der Waals surface area contributed by atoms with Gasteiger partial charge in [0.05, 0.1) is 9.82 Å². The molecular weight excluding hydrogens is 419 g/mol. The molecule has 0 bridgehead atoms. The van der Waals surface area contributed by atoms with E-state index in [9.17, 15) is 18.5 Å². The van der Waals surface area contributed by atoms with Gasteiger partial charge in [-0.2, -0.15) is 11.8 Å². The molecule has 1 N–H and O–H groups in total. The van der Waals surface area contributed by atoms with Gasteiger partial charge < -0.3 is 0 Å². The number of hydrogen-bond donors (Lipinski definition) is 1. The Labute approximate surface area is 166 Å². The van der Waals surface area contributed by atoms with Gasteiger partial charge in [-0.15, -0.1) is 0 Å². The lowest BCUT2D eigenvalue weighted by molar-refractivity contribution is -0.385. The van der Waals surface area contributed by atoms with Crippen LogP contribution in [0.25, 0.3) is 0 Å². The maximum absolute atomic E-state index is 12.4. The van der Waals surface area contributed by atoms with E-state index in [4.69, 9.17) is 23.2 Å². The molecule has 26 heavy (non-hydrogen) atoms. The van der Waals surface area contributed by atoms with Gasteiger partial charge in [0.1, 0.15) is 0 Å². The van der Waals surface area contributed by atoms with E-state index in [1.54, 1.807) is 25.1 Å². The summed E-state index contributed by atoms with van der Waals surface area (Å²) in [6.45, 7) is 1.77. The molecular formula is C16H16Cl2N2O4S2. The summed E-state index contributed by atoms with van der Waals surface area (Å²) in [5, 5.41) is 12.0. The zero-order valence-electron chi connectivity index (χ0n) is 13.7. The first-order valence-electron chi connectivity index (χ1n) is 7.47. The fourth-order valence-corrected chi connectivity index (χ4v) is 5.18. The van der Waals surface area contributed by atoms with Gasteiger partial charge in [-0.05, 0) is 30.2 Å². The van der Waals surface area contributed by atoms with Crippen LogP contribution in [0, 0.1) is 17.0 Å². The summed E-state index contributed by atoms with van der Waals surface area (Å²) in [5.74, 6) is 1.05. The first-order valence-corrected chi connectivity index (χ1v) is 10.9. The van der Waals surface area contributed by atoms with Crippen molar-refractivity contribution in [3.05, 3.63) is 67.7 Å². The Balaban J connectivity index is 1.95. The molecule has 2 aromatic carbocycles. The summed E-state index contributed by atoms with van der Waals surface area (Å²) in [4.78, 5) is 10.1. The third kappa shape index (κ3) is 5.34. The van der Waals surface area contributed by atoms with Crippen molar-refractivity contribution in [2.24, 2.45) is 0 Å². The highest BCUT2D eigenvalue weighted by atomic mass is 35.5. The summed E-state index contributed by atoms with van der Waals surface area (Å²) in [6, 6.07) is 9.01. The normalized spacial score (nSPS) is 11.5. The maximum atomic E-state index is 12.4. The second kappa shape index (κ2) is 9.05. The number of nitro groups is 1. The van der Waals surface area contributed by atoms with Gasteiger partial charge in [0.2, 0.25) is 10.0 Å². The second-order valence-electron chi connectivity index (χ2n) is 5.36. The van der Waals surface area contributed by atoms with Crippen molar-refractivity contribution in [1.29, 1.82) is 0 Å². The van der Waals surface area contributed by atoms with Crippen LogP contribution >= 0.6 is 35.0 Å². The Bertz CT molecular complexity index is 900. The molecule has 0 aromatic heterocycles. The van der Waals surface area contributed by atoms with Crippen molar-refractivity contribution >= 4 is 50.7 Å². The number of rotatable bonds is 8. The molecule has 0 heterocycles. The molecule has 0 saturated carbocycles. The quantitative estimate of drug-likeness (QED) is 0.377. The van der Waals surface area contributed by atoms with Crippen molar-refractivity contribution in [3.8, 4) is 0 Å². The van der Waals surface area contributed by atoms with Crippen molar-refractivity contribution in [3.63, 3.8) is 0 Å². The molecule has 2 aromatic rings. The molecule has 0 aliphatic carbocycles. The zero-order chi connectivity index (χ0) is 19.3. The number of nitrogens with zero attached hydrogens (tertiary/aromatic N) is 1. The highest BCUT2D eigenvalue weighted by Crippen LogP contribution is 2.28. The number of nitrogens with one attached hydrogen (secondary N) is 1. The van der Waals surface area contributed by atoms with Crippen LogP contribution in [0.15, 0.2) is 41.3 Å². The molecule has 0 unspecified atom stereocenters. The molecule has 0 radical (unpaired) electrons. The number of sulfonamides is 1. The SMILES string of the molecule is Cc1ccc([N+](=O)[O-])cc1S(=O)(=O)NCCSCc1c(Cl)cccc1Cl. The number of halogens is 2. The van der Waals surface area contributed by atoms with Crippen LogP contribution in [0.5, 0.6) is 0 Å². The predicted octanol–water partition coefficient (Wildman–Crippen LogP) is 4.42. The number of thioether (sulfide) groups is 1. The Kier molecular flexibility index (Phi) is 7.31. The summed E-state index contributed by atoms with van der Waals surface area (Å²) in [7, 11) is -3.83. The first kappa shape index (κ1) is 21.0. The Morgan fingerprint density at radius 2 is 1.85 bits per heavy atom. The number of aryl methyl sites for hydroxylation is 1. The Morgan fingerprint density at radius 3 is 2.46 bits per heavy atom. The van der Waals surface area contributed by atoms with Gasteiger partial charge in [0.15, 0.2) is 0 Å². The van der Waals surface area contributed by atoms with Crippen LogP contribution in [-0.4, -0.2) is 25.6 Å². The molecule has 0 spiro atoms. The molecule has 6 nitrogen and oxygen atoms in total. The third-order valence-corrected chi connectivity index (χ3v) is 6.82. The summed E-state index contributed by atoms with van der Waals surface area (Å²) in [6.07, 6.45) is 0. The van der Waals surface area contributed by atoms with E-state index in [2.05, 4.69) is 4.72 Å². The van der Waals surface area contributed by atoms with Crippen LogP contribution in [0.4, 0.5) is 5.69 Å². The van der Waals surface area contributed by atoms with Crippen LogP contribution < -0.4 is 4.72 Å². The third-order valence-electron chi connectivity index (χ3n) is 3.52. The number of non-ortho nitro benzene ring substituents is 1. The molecule has 10 heteroatoms. The van der Waals surface area contributed by atoms with E-state index in [0.717, 1.165) is 11.6 Å². The van der Waals surface area contributed by atoms with Gasteiger partial charge in [0.25, 0.3) is 5.69 Å². The number of nitro benzene ring substituents is 1. The molecule has 0 aliphatic heterocycles. The number of benzene rings is 2. The van der Waals surface area contributed by atoms with Crippen molar-refractivity contribution < 1.29 is 13.3 Å². The molecule has 0 aliphatic rings. The van der Waals surface area contributed by atoms with E-state index in [-0.39, 0.29) is 17.1 Å². The van der Waals surface area contributed by atoms with E-state index in [1.165, 1.54) is 23.9 Å². The van der Waals surface area contributed by atoms with Gasteiger partial charge in [-0.1, -0.05) is 35.3 Å². The largest absolute Gasteiger partial charge is 0.270 e. The lowest BCUT2D eigenvalue weighted by atomic mass is 10.2. The molecule has 0 fully saturated rings. The predicted molar refractivity (Wildman–Crippen MR) is 106 cm³/mol. The fraction of sp³-hybridized carbons (Fsp3) is 0.250. The minimum absolute atomic E-state index is 0.0918. The lowest BCUT2D eigenvalue weighted by Gasteiger charge is -2.10. The van der Waals surface area contributed by atoms with Gasteiger partial charge >= 0.3 is 0 Å². The van der Waals surface area contributed by atoms with Gasteiger partial charge in [-0.3, -0.25) is 10.1 Å². The topological polar surface area (TPSA) is 89.3 Å². The van der Waals surface area contributed by atoms with Crippen LogP contribution in [0.1, 0.15) is 11.1 Å². The zero-order valence-corrected chi connectivity index (χ0v) is 16.9. The average molecular weight is 435 g/mol. The van der Waals surface area contributed by atoms with E-state index in [1.807, 2.05) is 0 Å². The van der Waals surface area contributed by atoms with E-state index >= 15 is 0 Å².